The number of ether oxygens (including phenoxy) is 2. The van der Waals surface area contributed by atoms with Gasteiger partial charge in [-0.1, -0.05) is 19.4 Å². The molecule has 0 spiro atoms. The highest BCUT2D eigenvalue weighted by atomic mass is 16.7. The third-order valence-electron chi connectivity index (χ3n) is 12.5. The van der Waals surface area contributed by atoms with E-state index in [0.29, 0.717) is 30.4 Å². The number of aliphatic hydroxyl groups excluding tert-OH is 5. The number of phenolic OH excluding ortho intramolecular Hbond substituents is 1. The van der Waals surface area contributed by atoms with Crippen LogP contribution in [-0.4, -0.2) is 96.3 Å². The summed E-state index contributed by atoms with van der Waals surface area (Å²) in [5.74, 6) is -2.00. The Hall–Kier alpha value is -2.38. The van der Waals surface area contributed by atoms with Crippen LogP contribution in [0.25, 0.3) is 0 Å². The summed E-state index contributed by atoms with van der Waals surface area (Å²) in [6.45, 7) is 14.0. The van der Waals surface area contributed by atoms with Crippen molar-refractivity contribution in [1.29, 1.82) is 0 Å². The van der Waals surface area contributed by atoms with Gasteiger partial charge in [-0.15, -0.1) is 6.58 Å². The highest BCUT2D eigenvalue weighted by molar-refractivity contribution is 5.94. The summed E-state index contributed by atoms with van der Waals surface area (Å²) < 4.78 is 11.4. The molecule has 11 nitrogen and oxygen atoms in total. The van der Waals surface area contributed by atoms with Gasteiger partial charge in [0.2, 0.25) is 6.29 Å². The molecule has 1 aromatic rings. The predicted octanol–water partition coefficient (Wildman–Crippen LogP) is 1.74. The van der Waals surface area contributed by atoms with Crippen molar-refractivity contribution in [1.82, 2.24) is 0 Å². The largest absolute Gasteiger partial charge is 0.504 e. The van der Waals surface area contributed by atoms with Gasteiger partial charge in [-0.25, -0.2) is 0 Å². The smallest absolute Gasteiger partial charge is 0.229 e. The summed E-state index contributed by atoms with van der Waals surface area (Å²) >= 11 is 0. The number of fused-ring (bicyclic) bond motifs is 5. The first-order valence-electron chi connectivity index (χ1n) is 16.2. The Balaban J connectivity index is 1.54. The Labute approximate surface area is 269 Å². The van der Waals surface area contributed by atoms with E-state index in [-0.39, 0.29) is 48.2 Å². The van der Waals surface area contributed by atoms with Crippen LogP contribution >= 0.6 is 0 Å². The second-order valence-electron chi connectivity index (χ2n) is 15.2. The zero-order chi connectivity index (χ0) is 34.3. The number of aliphatic hydroxyl groups is 6. The van der Waals surface area contributed by atoms with Gasteiger partial charge < -0.3 is 45.2 Å². The molecule has 1 aromatic carbocycles. The monoisotopic (exact) mass is 646 g/mol. The maximum absolute atomic E-state index is 14.6. The fourth-order valence-corrected chi connectivity index (χ4v) is 9.73. The number of hydrogen-bond donors (Lipinski definition) is 7. The number of carbonyl (C=O) groups excluding carboxylic acids is 2. The second kappa shape index (κ2) is 11.6. The molecule has 0 unspecified atom stereocenters. The summed E-state index contributed by atoms with van der Waals surface area (Å²) in [6, 6.07) is 1.56. The molecule has 1 heterocycles. The Morgan fingerprint density at radius 2 is 1.76 bits per heavy atom. The van der Waals surface area contributed by atoms with Crippen molar-refractivity contribution in [2.24, 2.45) is 22.7 Å². The third-order valence-corrected chi connectivity index (χ3v) is 12.5. The van der Waals surface area contributed by atoms with E-state index in [1.165, 1.54) is 6.92 Å². The van der Waals surface area contributed by atoms with Crippen LogP contribution in [0.5, 0.6) is 11.5 Å². The second-order valence-corrected chi connectivity index (χ2v) is 15.2. The van der Waals surface area contributed by atoms with Gasteiger partial charge in [-0.2, -0.15) is 0 Å². The first-order valence-corrected chi connectivity index (χ1v) is 16.2. The van der Waals surface area contributed by atoms with E-state index in [1.807, 2.05) is 27.7 Å². The molecule has 1 saturated heterocycles. The highest BCUT2D eigenvalue weighted by Crippen LogP contribution is 2.72. The number of ketones is 2. The van der Waals surface area contributed by atoms with Gasteiger partial charge in [-0.05, 0) is 92.9 Å². The van der Waals surface area contributed by atoms with Crippen molar-refractivity contribution in [3.05, 3.63) is 34.9 Å². The summed E-state index contributed by atoms with van der Waals surface area (Å²) in [7, 11) is 0. The van der Waals surface area contributed by atoms with Crippen molar-refractivity contribution in [3.63, 3.8) is 0 Å². The van der Waals surface area contributed by atoms with E-state index in [4.69, 9.17) is 9.47 Å². The maximum Gasteiger partial charge on any atom is 0.229 e. The number of hydrogen-bond acceptors (Lipinski definition) is 11. The minimum atomic E-state index is -1.86. The van der Waals surface area contributed by atoms with E-state index in [9.17, 15) is 45.3 Å². The standard InChI is InChI=1S/C35H50O11/c1-16(2)8-11-24(38)35(7,44)30-20(37)13-32(4)23-10-9-18-17(3)26(40)21(12-19(18)34(23,6)25(39)14-33(30,32)5)45-31-29(43)28(42)27(41)22(15-36)46-31/h12,20,22-23,27-31,36-37,40-44H,1,8-11,13-15H2,2-7H3/t20-,22+,23+,27-,28+,29-,30+,31-,32+,33-,34+,35+/m1/s1. The fourth-order valence-electron chi connectivity index (χ4n) is 9.73. The Kier molecular flexibility index (Phi) is 8.85. The fraction of sp³-hybridized carbons (Fsp3) is 0.714. The van der Waals surface area contributed by atoms with E-state index >= 15 is 0 Å². The van der Waals surface area contributed by atoms with Gasteiger partial charge in [0.25, 0.3) is 0 Å². The third kappa shape index (κ3) is 4.88. The molecule has 256 valence electrons. The van der Waals surface area contributed by atoms with Crippen LogP contribution in [0.4, 0.5) is 0 Å². The van der Waals surface area contributed by atoms with Crippen molar-refractivity contribution < 1.29 is 54.8 Å². The van der Waals surface area contributed by atoms with Crippen LogP contribution < -0.4 is 4.74 Å². The van der Waals surface area contributed by atoms with Gasteiger partial charge in [0.1, 0.15) is 35.8 Å². The van der Waals surface area contributed by atoms with Crippen LogP contribution in [0.15, 0.2) is 18.2 Å². The molecule has 3 fully saturated rings. The molecular weight excluding hydrogens is 596 g/mol. The molecule has 2 saturated carbocycles. The molecule has 0 bridgehead atoms. The molecule has 0 aromatic heterocycles. The highest BCUT2D eigenvalue weighted by Gasteiger charge is 2.73. The van der Waals surface area contributed by atoms with Crippen molar-refractivity contribution in [2.75, 3.05) is 6.61 Å². The lowest BCUT2D eigenvalue weighted by molar-refractivity contribution is -0.277. The molecular formula is C35H50O11. The lowest BCUT2D eigenvalue weighted by Crippen LogP contribution is -2.63. The number of allylic oxidation sites excluding steroid dienone is 1. The van der Waals surface area contributed by atoms with Crippen molar-refractivity contribution >= 4 is 11.6 Å². The number of benzene rings is 1. The molecule has 4 aliphatic rings. The van der Waals surface area contributed by atoms with E-state index in [2.05, 4.69) is 6.58 Å². The Bertz CT molecular complexity index is 1420. The molecule has 1 aliphatic heterocycles. The van der Waals surface area contributed by atoms with Gasteiger partial charge >= 0.3 is 0 Å². The number of aromatic hydroxyl groups is 1. The van der Waals surface area contributed by atoms with Crippen LogP contribution in [-0.2, 0) is 26.2 Å². The first kappa shape index (κ1) is 34.9. The molecule has 3 aliphatic carbocycles. The number of rotatable bonds is 8. The summed E-state index contributed by atoms with van der Waals surface area (Å²) in [5.41, 5.74) is -1.81. The maximum atomic E-state index is 14.6. The number of carbonyl (C=O) groups is 2. The molecule has 12 atom stereocenters. The Morgan fingerprint density at radius 3 is 2.37 bits per heavy atom. The van der Waals surface area contributed by atoms with Gasteiger partial charge in [0.05, 0.1) is 18.1 Å². The summed E-state index contributed by atoms with van der Waals surface area (Å²) in [4.78, 5) is 28.0. The van der Waals surface area contributed by atoms with E-state index in [1.54, 1.807) is 13.0 Å². The number of Topliss-reactive ketones (excluding diaryl/α,β-unsaturated/α-hetero) is 2. The van der Waals surface area contributed by atoms with E-state index < -0.39 is 71.2 Å². The predicted molar refractivity (Wildman–Crippen MR) is 166 cm³/mol. The first-order chi connectivity index (χ1) is 21.3. The minimum absolute atomic E-state index is 0.00437. The summed E-state index contributed by atoms with van der Waals surface area (Å²) in [6.07, 6.45) is -6.86. The molecule has 5 rings (SSSR count). The average molecular weight is 647 g/mol. The Morgan fingerprint density at radius 1 is 1.11 bits per heavy atom. The lowest BCUT2D eigenvalue weighted by atomic mass is 9.41. The van der Waals surface area contributed by atoms with Crippen LogP contribution in [0.1, 0.15) is 83.4 Å². The molecule has 7 N–H and O–H groups in total. The normalized spacial score (nSPS) is 41.6. The summed E-state index contributed by atoms with van der Waals surface area (Å²) in [5, 5.41) is 75.2. The molecule has 0 amide bonds. The van der Waals surface area contributed by atoms with Gasteiger partial charge in [-0.3, -0.25) is 9.59 Å². The van der Waals surface area contributed by atoms with Crippen LogP contribution in [0.3, 0.4) is 0 Å². The lowest BCUT2D eigenvalue weighted by Gasteiger charge is -2.61. The van der Waals surface area contributed by atoms with E-state index in [0.717, 1.165) is 11.1 Å². The SMILES string of the molecule is C=C(C)CCC(=O)[C@](C)(O)[C@H]1[C@H](O)C[C@@]2(C)[C@@H]3CCc4c(cc(O[C@@H]5O[C@@H](CO)[C@@H](O)[C@H](O)[C@H]5O)c(O)c4C)[C@]3(C)C(=O)C[C@]12C. The van der Waals surface area contributed by atoms with Crippen molar-refractivity contribution in [3.8, 4) is 11.5 Å². The minimum Gasteiger partial charge on any atom is -0.504 e. The molecule has 46 heavy (non-hydrogen) atoms. The molecule has 0 radical (unpaired) electrons. The molecule has 11 heteroatoms. The number of phenols is 1. The van der Waals surface area contributed by atoms with Gasteiger partial charge in [0, 0.05) is 18.8 Å². The van der Waals surface area contributed by atoms with Crippen LogP contribution in [0.2, 0.25) is 0 Å². The van der Waals surface area contributed by atoms with Crippen LogP contribution in [0, 0.1) is 29.6 Å². The topological polar surface area (TPSA) is 194 Å². The van der Waals surface area contributed by atoms with Crippen molar-refractivity contribution in [2.45, 2.75) is 128 Å². The zero-order valence-electron chi connectivity index (χ0n) is 27.6. The zero-order valence-corrected chi connectivity index (χ0v) is 27.6. The quantitative estimate of drug-likeness (QED) is 0.203. The van der Waals surface area contributed by atoms with Gasteiger partial charge in [0.15, 0.2) is 17.3 Å². The average Bonchev–Trinajstić information content (AvgIpc) is 3.19.